The summed E-state index contributed by atoms with van der Waals surface area (Å²) in [6.07, 6.45) is 18.4. The molecule has 15 N–H and O–H groups in total. The Morgan fingerprint density at radius 3 is 0.835 bits per heavy atom. The molecule has 5 aliphatic heterocycles. The second kappa shape index (κ2) is 35.4. The number of nitrogens with two attached hydrogens (primary N) is 5. The summed E-state index contributed by atoms with van der Waals surface area (Å²) in [6.45, 7) is 23.9. The molecule has 121 heavy (non-hydrogen) atoms. The molecule has 20 heterocycles. The van der Waals surface area contributed by atoms with E-state index in [9.17, 15) is 8.42 Å². The van der Waals surface area contributed by atoms with Crippen molar-refractivity contribution in [2.24, 2.45) is 0 Å². The highest BCUT2D eigenvalue weighted by Crippen LogP contribution is 2.45. The maximum Gasteiger partial charge on any atom is 0.211 e. The van der Waals surface area contributed by atoms with E-state index in [1.54, 1.807) is 87.7 Å². The standard InChI is InChI=1S/C19H24N6S.C17H20N6S.C17H22N6S.C15H18N6O2S2.C15H18N6S/c20-18-12-16(25-9-7-24(8-10-25)13-3-1-2-4-13)19-15(22-18)11-17(26-19)14-5-6-21-23-14;18-16-10-14(23-7-5-22(6-8-23)11-1-2-11)17-13(20-16)9-15(24-17)12-3-4-19-21-12;1-11(2)22-5-7-23(8-6-22)14-10-16(18)20-13-9-15(24-17(13)14)12-3-4-19-21-12;1-25(22,23)21-6-4-20(5-7-21)12-9-14(16)18-11-8-13(24-15(11)12)10-2-3-17-19-10;1-20-4-6-21(7-5-20)12-9-14(16)18-11-8-13(22-15(11)12)10-2-3-17-19-10/h5-6,11-13H,1-4,7-10H2,(H2,20,22)(H,21,23);3-4,9-11H,1-2,5-8H2,(H2,18,20)(H,19,21);3-4,9-11H,5-8H2,1-2H3,(H2,18,20)(H,19,21);2-3,8-9H,4-7H2,1H3,(H2,16,18)(H,17,19);2-3,8-9H,4-7H2,1H3,(H2,16,18)(H,17,19). The van der Waals surface area contributed by atoms with E-state index in [0.29, 0.717) is 61.3 Å². The predicted molar refractivity (Wildman–Crippen MR) is 498 cm³/mol. The van der Waals surface area contributed by atoms with Gasteiger partial charge < -0.3 is 58.1 Å². The number of nitrogen functional groups attached to an aromatic ring is 5. The van der Waals surface area contributed by atoms with Crippen LogP contribution in [-0.4, -0.2) is 271 Å². The zero-order valence-electron chi connectivity index (χ0n) is 68.3. The Kier molecular flexibility index (Phi) is 23.8. The fraction of sp³-hybridized carbons (Fsp3) is 0.398. The number of nitrogens with zero attached hydrogens (tertiary/aromatic N) is 20. The number of anilines is 10. The van der Waals surface area contributed by atoms with Gasteiger partial charge in [0.25, 0.3) is 0 Å². The van der Waals surface area contributed by atoms with Gasteiger partial charge in [0.1, 0.15) is 29.1 Å². The van der Waals surface area contributed by atoms with Gasteiger partial charge in [0.05, 0.1) is 139 Å². The molecule has 632 valence electrons. The van der Waals surface area contributed by atoms with Gasteiger partial charge in [-0.05, 0) is 107 Å². The van der Waals surface area contributed by atoms with Crippen molar-refractivity contribution in [2.45, 2.75) is 70.5 Å². The van der Waals surface area contributed by atoms with Crippen molar-refractivity contribution in [3.63, 3.8) is 0 Å². The molecule has 2 aliphatic carbocycles. The fourth-order valence-electron chi connectivity index (χ4n) is 17.1. The number of aromatic nitrogens is 15. The Morgan fingerprint density at radius 1 is 0.347 bits per heavy atom. The zero-order chi connectivity index (χ0) is 83.0. The first-order valence-electron chi connectivity index (χ1n) is 41.4. The van der Waals surface area contributed by atoms with E-state index in [-0.39, 0.29) is 0 Å². The molecule has 5 saturated heterocycles. The monoisotopic (exact) mass is 1740 g/mol. The number of aromatic amines is 5. The lowest BCUT2D eigenvalue weighted by Gasteiger charge is -2.39. The topological polar surface area (TPSA) is 404 Å². The van der Waals surface area contributed by atoms with E-state index in [1.807, 2.05) is 66.7 Å². The van der Waals surface area contributed by atoms with Crippen molar-refractivity contribution in [3.05, 3.63) is 122 Å². The lowest BCUT2D eigenvalue weighted by atomic mass is 10.1. The van der Waals surface area contributed by atoms with Crippen LogP contribution in [0.2, 0.25) is 0 Å². The predicted octanol–water partition coefficient (Wildman–Crippen LogP) is 12.1. The molecule has 32 nitrogen and oxygen atoms in total. The van der Waals surface area contributed by atoms with Crippen LogP contribution < -0.4 is 53.2 Å². The molecule has 0 spiro atoms. The third kappa shape index (κ3) is 18.3. The minimum atomic E-state index is -3.15. The summed E-state index contributed by atoms with van der Waals surface area (Å²) in [5.74, 6) is 2.81. The molecule has 0 bridgehead atoms. The van der Waals surface area contributed by atoms with Crippen LogP contribution in [0.5, 0.6) is 0 Å². The normalized spacial score (nSPS) is 17.7. The van der Waals surface area contributed by atoms with Gasteiger partial charge in [0, 0.05) is 210 Å². The Hall–Kier alpha value is -10.7. The van der Waals surface area contributed by atoms with Crippen LogP contribution in [0.4, 0.5) is 57.5 Å². The van der Waals surface area contributed by atoms with Crippen molar-refractivity contribution < 1.29 is 8.42 Å². The van der Waals surface area contributed by atoms with Gasteiger partial charge in [0.15, 0.2) is 0 Å². The lowest BCUT2D eigenvalue weighted by molar-refractivity contribution is 0.187. The van der Waals surface area contributed by atoms with Gasteiger partial charge in [-0.2, -0.15) is 29.8 Å². The number of hydrogen-bond donors (Lipinski definition) is 10. The minimum absolute atomic E-state index is 0.460. The molecule has 0 aromatic carbocycles. The first kappa shape index (κ1) is 81.4. The van der Waals surface area contributed by atoms with Crippen molar-refractivity contribution in [2.75, 3.05) is 197 Å². The number of piperazine rings is 5. The molecule has 7 aliphatic rings. The third-order valence-corrected chi connectivity index (χ3v) is 30.9. The van der Waals surface area contributed by atoms with E-state index in [4.69, 9.17) is 28.7 Å². The number of hydrogen-bond acceptors (Lipinski definition) is 31. The van der Waals surface area contributed by atoms with Crippen LogP contribution in [0.3, 0.4) is 0 Å². The number of rotatable bonds is 14. The molecule has 38 heteroatoms. The number of H-pyrrole nitrogens is 5. The van der Waals surface area contributed by atoms with Crippen molar-refractivity contribution in [1.29, 1.82) is 0 Å². The lowest BCUT2D eigenvalue weighted by Crippen LogP contribution is -2.49. The highest BCUT2D eigenvalue weighted by Gasteiger charge is 2.34. The Bertz CT molecular complexity index is 5960. The van der Waals surface area contributed by atoms with E-state index in [2.05, 4.69) is 165 Å². The number of pyridine rings is 5. The van der Waals surface area contributed by atoms with Crippen LogP contribution in [0.25, 0.3) is 104 Å². The smallest absolute Gasteiger partial charge is 0.211 e. The molecule has 22 rings (SSSR count). The summed E-state index contributed by atoms with van der Waals surface area (Å²) in [4.78, 5) is 50.3. The molecule has 2 saturated carbocycles. The minimum Gasteiger partial charge on any atom is -0.384 e. The second-order valence-corrected chi connectivity index (χ2v) is 39.3. The average molecular weight is 1740 g/mol. The summed E-state index contributed by atoms with van der Waals surface area (Å²) >= 11 is 8.64. The quantitative estimate of drug-likeness (QED) is 0.0483. The highest BCUT2D eigenvalue weighted by molar-refractivity contribution is 7.88. The summed E-state index contributed by atoms with van der Waals surface area (Å²) in [5, 5.41) is 35.3. The van der Waals surface area contributed by atoms with Crippen LogP contribution in [0.15, 0.2) is 122 Å². The largest absolute Gasteiger partial charge is 0.384 e. The zero-order valence-corrected chi connectivity index (χ0v) is 73.2. The van der Waals surface area contributed by atoms with Crippen molar-refractivity contribution in [3.8, 4) is 52.9 Å². The second-order valence-electron chi connectivity index (χ2n) is 32.1. The van der Waals surface area contributed by atoms with Crippen LogP contribution in [0, 0.1) is 0 Å². The van der Waals surface area contributed by atoms with Crippen molar-refractivity contribution in [1.82, 2.24) is 99.8 Å². The molecule has 15 aromatic heterocycles. The molecular weight excluding hydrogens is 1640 g/mol. The molecule has 0 unspecified atom stereocenters. The molecule has 7 fully saturated rings. The maximum atomic E-state index is 11.7. The van der Waals surface area contributed by atoms with Crippen LogP contribution in [0.1, 0.15) is 52.4 Å². The van der Waals surface area contributed by atoms with Crippen LogP contribution >= 0.6 is 56.7 Å². The van der Waals surface area contributed by atoms with E-state index < -0.39 is 10.0 Å². The SMILES string of the molecule is CC(C)N1CCN(c2cc(N)nc3cc(-c4ccn[nH]4)sc23)CC1.CN1CCN(c2cc(N)nc3cc(-c4ccn[nH]4)sc23)CC1.CS(=O)(=O)N1CCN(c2cc(N)nc3cc(-c4ccn[nH]4)sc23)CC1.Nc1cc(N2CCN(C3CC3)CC2)c2sc(-c3ccn[nH]3)cc2n1.Nc1cc(N2CCN(C3CCCC3)CC2)c2sc(-c3ccn[nH]3)cc2n1. The fourth-order valence-corrected chi connectivity index (χ4v) is 23.5. The van der Waals surface area contributed by atoms with E-state index in [1.165, 1.54) is 90.6 Å². The molecule has 0 atom stereocenters. The van der Waals surface area contributed by atoms with Gasteiger partial charge in [-0.3, -0.25) is 40.2 Å². The average Bonchev–Trinajstić information content (AvgIpc) is 1.68. The number of sulfonamides is 1. The molecular formula is C83H102N30O2S6. The Balaban J connectivity index is 0.000000104. The number of thiophene rings is 5. The van der Waals surface area contributed by atoms with E-state index in [0.717, 1.165) is 208 Å². The van der Waals surface area contributed by atoms with Gasteiger partial charge in [-0.1, -0.05) is 12.8 Å². The Labute approximate surface area is 721 Å². The molecule has 15 aromatic rings. The molecule has 0 radical (unpaired) electrons. The van der Waals surface area contributed by atoms with Crippen molar-refractivity contribution >= 4 is 175 Å². The third-order valence-electron chi connectivity index (χ3n) is 23.7. The number of likely N-dealkylation sites (N-methyl/N-ethyl adjacent to an activating group) is 1. The first-order chi connectivity index (χ1) is 58.8. The van der Waals surface area contributed by atoms with Gasteiger partial charge in [-0.15, -0.1) is 56.7 Å². The van der Waals surface area contributed by atoms with Gasteiger partial charge in [-0.25, -0.2) is 33.3 Å². The maximum absolute atomic E-state index is 11.7. The molecule has 0 amide bonds. The summed E-state index contributed by atoms with van der Waals surface area (Å²) in [7, 11) is -0.984. The summed E-state index contributed by atoms with van der Waals surface area (Å²) in [6, 6.07) is 32.5. The summed E-state index contributed by atoms with van der Waals surface area (Å²) < 4.78 is 30.8. The number of fused-ring (bicyclic) bond motifs is 5. The van der Waals surface area contributed by atoms with Gasteiger partial charge >= 0.3 is 0 Å². The number of nitrogens with one attached hydrogen (secondary N) is 5. The van der Waals surface area contributed by atoms with Gasteiger partial charge in [0.2, 0.25) is 10.0 Å². The Morgan fingerprint density at radius 2 is 0.595 bits per heavy atom. The first-order valence-corrected chi connectivity index (χ1v) is 47.3. The van der Waals surface area contributed by atoms with E-state index >= 15 is 0 Å². The highest BCUT2D eigenvalue weighted by atomic mass is 32.2. The van der Waals surface area contributed by atoms with Crippen LogP contribution in [-0.2, 0) is 10.0 Å². The summed E-state index contributed by atoms with van der Waals surface area (Å²) in [5.41, 5.74) is 45.9.